The zero-order chi connectivity index (χ0) is 14.7. The van der Waals surface area contributed by atoms with E-state index in [1.54, 1.807) is 4.90 Å². The van der Waals surface area contributed by atoms with Crippen LogP contribution in [0.2, 0.25) is 0 Å². The van der Waals surface area contributed by atoms with Crippen LogP contribution in [0.4, 0.5) is 0 Å². The molecule has 0 spiro atoms. The summed E-state index contributed by atoms with van der Waals surface area (Å²) in [6, 6.07) is 5.77. The lowest BCUT2D eigenvalue weighted by Gasteiger charge is -2.32. The highest BCUT2D eigenvalue weighted by atomic mass is 16.5. The van der Waals surface area contributed by atoms with Gasteiger partial charge in [0, 0.05) is 18.7 Å². The molecule has 1 aliphatic rings. The van der Waals surface area contributed by atoms with Crippen LogP contribution in [0.15, 0.2) is 18.2 Å². The van der Waals surface area contributed by atoms with Crippen molar-refractivity contribution in [2.45, 2.75) is 26.4 Å². The first-order chi connectivity index (χ1) is 9.47. The van der Waals surface area contributed by atoms with Crippen molar-refractivity contribution < 1.29 is 19.4 Å². The van der Waals surface area contributed by atoms with Gasteiger partial charge in [-0.25, -0.2) is 0 Å². The second-order valence-corrected chi connectivity index (χ2v) is 5.16. The summed E-state index contributed by atoms with van der Waals surface area (Å²) in [5.41, 5.74) is 2.65. The Kier molecular flexibility index (Phi) is 4.39. The van der Waals surface area contributed by atoms with Crippen LogP contribution < -0.4 is 0 Å². The van der Waals surface area contributed by atoms with Gasteiger partial charge < -0.3 is 14.7 Å². The Bertz CT molecular complexity index is 527. The topological polar surface area (TPSA) is 66.8 Å². The van der Waals surface area contributed by atoms with Gasteiger partial charge in [0.1, 0.15) is 0 Å². The molecule has 1 aromatic rings. The summed E-state index contributed by atoms with van der Waals surface area (Å²) in [6.07, 6.45) is -0.494. The highest BCUT2D eigenvalue weighted by Gasteiger charge is 2.27. The third kappa shape index (κ3) is 3.36. The summed E-state index contributed by atoms with van der Waals surface area (Å²) in [5, 5.41) is 8.80. The van der Waals surface area contributed by atoms with Gasteiger partial charge in [0.25, 0.3) is 5.91 Å². The molecular weight excluding hydrogens is 258 g/mol. The van der Waals surface area contributed by atoms with Gasteiger partial charge in [0.15, 0.2) is 0 Å². The lowest BCUT2D eigenvalue weighted by Crippen LogP contribution is -2.46. The third-order valence-electron chi connectivity index (χ3n) is 3.45. The van der Waals surface area contributed by atoms with Gasteiger partial charge in [-0.1, -0.05) is 17.7 Å². The van der Waals surface area contributed by atoms with Crippen LogP contribution >= 0.6 is 0 Å². The molecule has 2 rings (SSSR count). The maximum absolute atomic E-state index is 12.5. The van der Waals surface area contributed by atoms with Crippen LogP contribution in [-0.4, -0.2) is 47.7 Å². The lowest BCUT2D eigenvalue weighted by molar-refractivity contribution is -0.141. The number of carboxylic acids is 1. The minimum absolute atomic E-state index is 0.0510. The van der Waals surface area contributed by atoms with Gasteiger partial charge in [-0.3, -0.25) is 9.59 Å². The number of carbonyl (C=O) groups is 2. The number of morpholine rings is 1. The zero-order valence-corrected chi connectivity index (χ0v) is 11.8. The van der Waals surface area contributed by atoms with Crippen LogP contribution in [0, 0.1) is 13.8 Å². The molecule has 1 aromatic carbocycles. The lowest BCUT2D eigenvalue weighted by atomic mass is 10.0. The fraction of sp³-hybridized carbons (Fsp3) is 0.467. The van der Waals surface area contributed by atoms with E-state index in [9.17, 15) is 9.59 Å². The molecule has 0 radical (unpaired) electrons. The van der Waals surface area contributed by atoms with Gasteiger partial charge in [-0.15, -0.1) is 0 Å². The Morgan fingerprint density at radius 2 is 2.15 bits per heavy atom. The second kappa shape index (κ2) is 6.05. The first-order valence-electron chi connectivity index (χ1n) is 6.67. The number of benzene rings is 1. The van der Waals surface area contributed by atoms with Crippen molar-refractivity contribution in [3.63, 3.8) is 0 Å². The van der Waals surface area contributed by atoms with Crippen molar-refractivity contribution in [3.05, 3.63) is 34.9 Å². The summed E-state index contributed by atoms with van der Waals surface area (Å²) >= 11 is 0. The molecule has 0 aliphatic carbocycles. The fourth-order valence-electron chi connectivity index (χ4n) is 2.36. The molecule has 108 valence electrons. The van der Waals surface area contributed by atoms with E-state index in [0.717, 1.165) is 11.1 Å². The summed E-state index contributed by atoms with van der Waals surface area (Å²) in [4.78, 5) is 24.9. The number of nitrogens with zero attached hydrogens (tertiary/aromatic N) is 1. The molecule has 1 N–H and O–H groups in total. The minimum Gasteiger partial charge on any atom is -0.481 e. The number of hydrogen-bond acceptors (Lipinski definition) is 3. The van der Waals surface area contributed by atoms with Gasteiger partial charge in [0.05, 0.1) is 19.1 Å². The van der Waals surface area contributed by atoms with Crippen LogP contribution in [0.1, 0.15) is 27.9 Å². The summed E-state index contributed by atoms with van der Waals surface area (Å²) in [7, 11) is 0. The maximum atomic E-state index is 12.5. The standard InChI is InChI=1S/C15H19NO4/c1-10-3-4-11(2)13(7-10)15(19)16-5-6-20-12(9-16)8-14(17)18/h3-4,7,12H,5-6,8-9H2,1-2H3,(H,17,18)/t12-/m1/s1. The van der Waals surface area contributed by atoms with Crippen molar-refractivity contribution in [1.29, 1.82) is 0 Å². The average molecular weight is 277 g/mol. The van der Waals surface area contributed by atoms with E-state index in [4.69, 9.17) is 9.84 Å². The van der Waals surface area contributed by atoms with Crippen LogP contribution in [-0.2, 0) is 9.53 Å². The van der Waals surface area contributed by atoms with Crippen LogP contribution in [0.5, 0.6) is 0 Å². The molecular formula is C15H19NO4. The van der Waals surface area contributed by atoms with E-state index in [-0.39, 0.29) is 12.3 Å². The normalized spacial score (nSPS) is 18.9. The molecule has 0 saturated carbocycles. The van der Waals surface area contributed by atoms with E-state index in [1.165, 1.54) is 0 Å². The quantitative estimate of drug-likeness (QED) is 0.911. The predicted octanol–water partition coefficient (Wildman–Crippen LogP) is 1.62. The number of carbonyl (C=O) groups excluding carboxylic acids is 1. The molecule has 20 heavy (non-hydrogen) atoms. The van der Waals surface area contributed by atoms with E-state index >= 15 is 0 Å². The first kappa shape index (κ1) is 14.5. The van der Waals surface area contributed by atoms with Crippen molar-refractivity contribution in [2.24, 2.45) is 0 Å². The average Bonchev–Trinajstić information content (AvgIpc) is 2.40. The molecule has 1 fully saturated rings. The second-order valence-electron chi connectivity index (χ2n) is 5.16. The van der Waals surface area contributed by atoms with E-state index in [2.05, 4.69) is 0 Å². The summed E-state index contributed by atoms with van der Waals surface area (Å²) in [6.45, 7) is 5.07. The monoisotopic (exact) mass is 277 g/mol. The molecule has 1 amide bonds. The molecule has 5 heteroatoms. The fourth-order valence-corrected chi connectivity index (χ4v) is 2.36. The van der Waals surface area contributed by atoms with Crippen molar-refractivity contribution in [1.82, 2.24) is 4.90 Å². The van der Waals surface area contributed by atoms with Crippen LogP contribution in [0.3, 0.4) is 0 Å². The third-order valence-corrected chi connectivity index (χ3v) is 3.45. The predicted molar refractivity (Wildman–Crippen MR) is 73.8 cm³/mol. The highest BCUT2D eigenvalue weighted by Crippen LogP contribution is 2.16. The Hall–Kier alpha value is -1.88. The van der Waals surface area contributed by atoms with E-state index in [1.807, 2.05) is 32.0 Å². The van der Waals surface area contributed by atoms with E-state index in [0.29, 0.717) is 25.3 Å². The molecule has 1 aliphatic heterocycles. The maximum Gasteiger partial charge on any atom is 0.306 e. The number of aryl methyl sites for hydroxylation is 2. The number of amides is 1. The van der Waals surface area contributed by atoms with Gasteiger partial charge >= 0.3 is 5.97 Å². The largest absolute Gasteiger partial charge is 0.481 e. The summed E-state index contributed by atoms with van der Waals surface area (Å²) < 4.78 is 5.38. The van der Waals surface area contributed by atoms with Crippen molar-refractivity contribution in [3.8, 4) is 0 Å². The Balaban J connectivity index is 2.12. The zero-order valence-electron chi connectivity index (χ0n) is 11.8. The molecule has 1 heterocycles. The van der Waals surface area contributed by atoms with Gasteiger partial charge in [-0.05, 0) is 25.5 Å². The number of aliphatic carboxylic acids is 1. The van der Waals surface area contributed by atoms with Crippen molar-refractivity contribution >= 4 is 11.9 Å². The molecule has 1 saturated heterocycles. The van der Waals surface area contributed by atoms with Crippen molar-refractivity contribution in [2.75, 3.05) is 19.7 Å². The number of ether oxygens (including phenoxy) is 1. The minimum atomic E-state index is -0.906. The smallest absolute Gasteiger partial charge is 0.306 e. The molecule has 1 atom stereocenters. The summed E-state index contributed by atoms with van der Waals surface area (Å²) in [5.74, 6) is -0.957. The number of hydrogen-bond donors (Lipinski definition) is 1. The Morgan fingerprint density at radius 3 is 2.85 bits per heavy atom. The molecule has 0 unspecified atom stereocenters. The Morgan fingerprint density at radius 1 is 1.40 bits per heavy atom. The van der Waals surface area contributed by atoms with Gasteiger partial charge in [0.2, 0.25) is 0 Å². The van der Waals surface area contributed by atoms with E-state index < -0.39 is 12.1 Å². The van der Waals surface area contributed by atoms with Gasteiger partial charge in [-0.2, -0.15) is 0 Å². The molecule has 5 nitrogen and oxygen atoms in total. The highest BCUT2D eigenvalue weighted by molar-refractivity contribution is 5.96. The Labute approximate surface area is 118 Å². The molecule has 0 aromatic heterocycles. The van der Waals surface area contributed by atoms with Crippen LogP contribution in [0.25, 0.3) is 0 Å². The first-order valence-corrected chi connectivity index (χ1v) is 6.67. The molecule has 0 bridgehead atoms. The number of rotatable bonds is 3. The SMILES string of the molecule is Cc1ccc(C)c(C(=O)N2CCO[C@H](CC(=O)O)C2)c1. The number of carboxylic acid groups (broad SMARTS) is 1.